The summed E-state index contributed by atoms with van der Waals surface area (Å²) in [7, 11) is 0. The second kappa shape index (κ2) is 7.47. The molecule has 1 aromatic heterocycles. The molecule has 1 unspecified atom stereocenters. The molecular weight excluding hydrogens is 268 g/mol. The van der Waals surface area contributed by atoms with Crippen LogP contribution >= 0.6 is 11.3 Å². The summed E-state index contributed by atoms with van der Waals surface area (Å²) >= 11 is 1.61. The van der Waals surface area contributed by atoms with Gasteiger partial charge in [-0.05, 0) is 22.8 Å². The highest BCUT2D eigenvalue weighted by Crippen LogP contribution is 2.27. The fraction of sp³-hybridized carbons (Fsp3) is 0.562. The molecule has 20 heavy (non-hydrogen) atoms. The predicted molar refractivity (Wildman–Crippen MR) is 85.3 cm³/mol. The summed E-state index contributed by atoms with van der Waals surface area (Å²) < 4.78 is 0. The fourth-order valence-electron chi connectivity index (χ4n) is 1.57. The SMILES string of the molecule is CC(CC(=O)NCc1sccc1C#CCN)C(C)(C)C. The molecule has 1 amide bonds. The van der Waals surface area contributed by atoms with Crippen LogP contribution in [0.3, 0.4) is 0 Å². The lowest BCUT2D eigenvalue weighted by atomic mass is 9.80. The van der Waals surface area contributed by atoms with E-state index in [1.54, 1.807) is 11.3 Å². The summed E-state index contributed by atoms with van der Waals surface area (Å²) in [6, 6.07) is 1.96. The molecule has 0 aliphatic heterocycles. The first-order chi connectivity index (χ1) is 9.34. The second-order valence-electron chi connectivity index (χ2n) is 6.01. The molecule has 3 nitrogen and oxygen atoms in total. The van der Waals surface area contributed by atoms with Crippen molar-refractivity contribution in [3.05, 3.63) is 21.9 Å². The number of carbonyl (C=O) groups excluding carboxylic acids is 1. The Balaban J connectivity index is 2.52. The topological polar surface area (TPSA) is 55.1 Å². The first-order valence-electron chi connectivity index (χ1n) is 6.86. The monoisotopic (exact) mass is 292 g/mol. The molecule has 0 spiro atoms. The van der Waals surface area contributed by atoms with E-state index in [1.807, 2.05) is 11.4 Å². The minimum Gasteiger partial charge on any atom is -0.351 e. The molecule has 0 saturated carbocycles. The highest BCUT2D eigenvalue weighted by atomic mass is 32.1. The Hall–Kier alpha value is -1.31. The van der Waals surface area contributed by atoms with E-state index in [0.717, 1.165) is 10.4 Å². The lowest BCUT2D eigenvalue weighted by molar-refractivity contribution is -0.122. The smallest absolute Gasteiger partial charge is 0.220 e. The minimum atomic E-state index is 0.0959. The number of rotatable bonds is 4. The first kappa shape index (κ1) is 16.7. The van der Waals surface area contributed by atoms with Crippen LogP contribution in [0.15, 0.2) is 11.4 Å². The van der Waals surface area contributed by atoms with Crippen molar-refractivity contribution in [2.24, 2.45) is 17.1 Å². The Bertz CT molecular complexity index is 503. The average molecular weight is 292 g/mol. The maximum Gasteiger partial charge on any atom is 0.220 e. The van der Waals surface area contributed by atoms with E-state index in [-0.39, 0.29) is 11.3 Å². The zero-order valence-electron chi connectivity index (χ0n) is 12.7. The normalized spacial score (nSPS) is 12.4. The van der Waals surface area contributed by atoms with E-state index in [0.29, 0.717) is 25.4 Å². The number of hydrogen-bond donors (Lipinski definition) is 2. The molecule has 1 heterocycles. The third kappa shape index (κ3) is 5.36. The zero-order valence-corrected chi connectivity index (χ0v) is 13.6. The van der Waals surface area contributed by atoms with E-state index in [2.05, 4.69) is 44.9 Å². The third-order valence-electron chi connectivity index (χ3n) is 3.49. The lowest BCUT2D eigenvalue weighted by Gasteiger charge is -2.26. The second-order valence-corrected chi connectivity index (χ2v) is 7.01. The van der Waals surface area contributed by atoms with Crippen LogP contribution in [-0.4, -0.2) is 12.5 Å². The van der Waals surface area contributed by atoms with E-state index >= 15 is 0 Å². The van der Waals surface area contributed by atoms with Gasteiger partial charge in [0.2, 0.25) is 5.91 Å². The number of nitrogens with two attached hydrogens (primary N) is 1. The molecule has 4 heteroatoms. The molecule has 1 rings (SSSR count). The standard InChI is InChI=1S/C16H24N2OS/c1-12(16(2,3)4)10-15(19)18-11-14-13(6-5-8-17)7-9-20-14/h7,9,12H,8,10-11,17H2,1-4H3,(H,18,19). The molecule has 0 bridgehead atoms. The van der Waals surface area contributed by atoms with Crippen LogP contribution in [0.25, 0.3) is 0 Å². The minimum absolute atomic E-state index is 0.0959. The van der Waals surface area contributed by atoms with Crippen molar-refractivity contribution in [3.63, 3.8) is 0 Å². The van der Waals surface area contributed by atoms with Gasteiger partial charge in [0, 0.05) is 16.9 Å². The number of thiophene rings is 1. The highest BCUT2D eigenvalue weighted by molar-refractivity contribution is 7.10. The van der Waals surface area contributed by atoms with Crippen LogP contribution in [0.2, 0.25) is 0 Å². The van der Waals surface area contributed by atoms with Crippen molar-refractivity contribution in [2.45, 2.75) is 40.7 Å². The molecule has 0 aromatic carbocycles. The Morgan fingerprint density at radius 3 is 2.80 bits per heavy atom. The summed E-state index contributed by atoms with van der Waals surface area (Å²) in [5, 5.41) is 4.96. The summed E-state index contributed by atoms with van der Waals surface area (Å²) in [6.45, 7) is 9.48. The van der Waals surface area contributed by atoms with E-state index in [1.165, 1.54) is 0 Å². The van der Waals surface area contributed by atoms with E-state index in [4.69, 9.17) is 5.73 Å². The average Bonchev–Trinajstić information content (AvgIpc) is 2.80. The molecular formula is C16H24N2OS. The summed E-state index contributed by atoms with van der Waals surface area (Å²) in [5.41, 5.74) is 6.49. The van der Waals surface area contributed by atoms with Gasteiger partial charge >= 0.3 is 0 Å². The Morgan fingerprint density at radius 2 is 2.20 bits per heavy atom. The van der Waals surface area contributed by atoms with Crippen LogP contribution in [0, 0.1) is 23.2 Å². The van der Waals surface area contributed by atoms with Crippen molar-refractivity contribution in [1.29, 1.82) is 0 Å². The summed E-state index contributed by atoms with van der Waals surface area (Å²) in [4.78, 5) is 13.0. The van der Waals surface area contributed by atoms with Crippen molar-refractivity contribution in [3.8, 4) is 11.8 Å². The maximum atomic E-state index is 12.0. The Kier molecular flexibility index (Phi) is 6.25. The van der Waals surface area contributed by atoms with Crippen LogP contribution < -0.4 is 11.1 Å². The Morgan fingerprint density at radius 1 is 1.50 bits per heavy atom. The van der Waals surface area contributed by atoms with Gasteiger partial charge in [-0.3, -0.25) is 4.79 Å². The molecule has 1 aromatic rings. The maximum absolute atomic E-state index is 12.0. The largest absolute Gasteiger partial charge is 0.351 e. The highest BCUT2D eigenvalue weighted by Gasteiger charge is 2.22. The number of nitrogens with one attached hydrogen (secondary N) is 1. The molecule has 1 atom stereocenters. The van der Waals surface area contributed by atoms with Crippen LogP contribution in [-0.2, 0) is 11.3 Å². The molecule has 0 aliphatic carbocycles. The molecule has 0 aliphatic rings. The van der Waals surface area contributed by atoms with Gasteiger partial charge in [-0.25, -0.2) is 0 Å². The van der Waals surface area contributed by atoms with Gasteiger partial charge in [0.05, 0.1) is 13.1 Å². The number of hydrogen-bond acceptors (Lipinski definition) is 3. The fourth-order valence-corrected chi connectivity index (χ4v) is 2.34. The summed E-state index contributed by atoms with van der Waals surface area (Å²) in [5.74, 6) is 6.31. The van der Waals surface area contributed by atoms with Crippen molar-refractivity contribution in [1.82, 2.24) is 5.32 Å². The van der Waals surface area contributed by atoms with Gasteiger partial charge in [-0.2, -0.15) is 0 Å². The first-order valence-corrected chi connectivity index (χ1v) is 7.74. The molecule has 3 N–H and O–H groups in total. The number of amides is 1. The molecule has 0 saturated heterocycles. The van der Waals surface area contributed by atoms with Crippen molar-refractivity contribution in [2.75, 3.05) is 6.54 Å². The number of carbonyl (C=O) groups is 1. The molecule has 0 fully saturated rings. The van der Waals surface area contributed by atoms with Crippen molar-refractivity contribution < 1.29 is 4.79 Å². The van der Waals surface area contributed by atoms with Gasteiger partial charge in [-0.1, -0.05) is 39.5 Å². The van der Waals surface area contributed by atoms with Gasteiger partial charge in [-0.15, -0.1) is 11.3 Å². The van der Waals surface area contributed by atoms with Gasteiger partial charge in [0.25, 0.3) is 0 Å². The van der Waals surface area contributed by atoms with Gasteiger partial charge < -0.3 is 11.1 Å². The van der Waals surface area contributed by atoms with Gasteiger partial charge in [0.15, 0.2) is 0 Å². The van der Waals surface area contributed by atoms with E-state index < -0.39 is 0 Å². The predicted octanol–water partition coefficient (Wildman–Crippen LogP) is 2.75. The lowest BCUT2D eigenvalue weighted by Crippen LogP contribution is -2.28. The van der Waals surface area contributed by atoms with Gasteiger partial charge in [0.1, 0.15) is 0 Å². The van der Waals surface area contributed by atoms with Crippen LogP contribution in [0.5, 0.6) is 0 Å². The van der Waals surface area contributed by atoms with Crippen LogP contribution in [0.4, 0.5) is 0 Å². The van der Waals surface area contributed by atoms with Crippen LogP contribution in [0.1, 0.15) is 44.6 Å². The Labute approximate surface area is 126 Å². The summed E-state index contributed by atoms with van der Waals surface area (Å²) in [6.07, 6.45) is 0.554. The zero-order chi connectivity index (χ0) is 15.2. The van der Waals surface area contributed by atoms with E-state index in [9.17, 15) is 4.79 Å². The molecule has 0 radical (unpaired) electrons. The third-order valence-corrected chi connectivity index (χ3v) is 4.41. The quantitative estimate of drug-likeness (QED) is 0.838. The molecule has 110 valence electrons. The van der Waals surface area contributed by atoms with Crippen molar-refractivity contribution >= 4 is 17.2 Å².